The van der Waals surface area contributed by atoms with Crippen LogP contribution in [0, 0.1) is 0 Å². The second-order valence-corrected chi connectivity index (χ2v) is 27.8. The van der Waals surface area contributed by atoms with Gasteiger partial charge in [0, 0.05) is 6.42 Å². The van der Waals surface area contributed by atoms with Gasteiger partial charge in [0.1, 0.15) is 48.8 Å². The highest BCUT2D eigenvalue weighted by Crippen LogP contribution is 2.30. The molecular weight excluding hydrogens is 1160 g/mol. The largest absolute Gasteiger partial charge is 0.394 e. The van der Waals surface area contributed by atoms with Gasteiger partial charge in [-0.05, 0) is 51.4 Å². The lowest BCUT2D eigenvalue weighted by molar-refractivity contribution is -0.359. The molecule has 2 rings (SSSR count). The monoisotopic (exact) mass is 1310 g/mol. The van der Waals surface area contributed by atoms with Crippen LogP contribution in [0.5, 0.6) is 0 Å². The van der Waals surface area contributed by atoms with Crippen LogP contribution in [0.1, 0.15) is 361 Å². The molecule has 2 saturated heterocycles. The van der Waals surface area contributed by atoms with E-state index >= 15 is 0 Å². The molecule has 0 spiro atoms. The summed E-state index contributed by atoms with van der Waals surface area (Å²) < 4.78 is 23.0. The maximum atomic E-state index is 13.4. The molecule has 542 valence electrons. The van der Waals surface area contributed by atoms with Gasteiger partial charge in [0.25, 0.3) is 0 Å². The van der Waals surface area contributed by atoms with Crippen LogP contribution < -0.4 is 5.32 Å². The van der Waals surface area contributed by atoms with E-state index in [-0.39, 0.29) is 12.5 Å². The zero-order chi connectivity index (χ0) is 66.6. The van der Waals surface area contributed by atoms with Crippen molar-refractivity contribution in [1.82, 2.24) is 5.32 Å². The molecule has 14 heteroatoms. The Hall–Kier alpha value is -1.79. The van der Waals surface area contributed by atoms with Crippen molar-refractivity contribution in [1.29, 1.82) is 0 Å². The zero-order valence-electron chi connectivity index (χ0n) is 59.3. The quantitative estimate of drug-likeness (QED) is 0.0204. The summed E-state index contributed by atoms with van der Waals surface area (Å²) in [6, 6.07) is -0.831. The molecule has 2 aliphatic rings. The molecule has 92 heavy (non-hydrogen) atoms. The highest BCUT2D eigenvalue weighted by atomic mass is 16.7. The van der Waals surface area contributed by atoms with E-state index < -0.39 is 86.8 Å². The summed E-state index contributed by atoms with van der Waals surface area (Å²) in [5.74, 6) is -0.202. The number of hydrogen-bond acceptors (Lipinski definition) is 13. The number of nitrogens with one attached hydrogen (secondary N) is 1. The minimum absolute atomic E-state index is 0.202. The number of unbranched alkanes of at least 4 members (excludes halogenated alkanes) is 47. The van der Waals surface area contributed by atoms with Crippen molar-refractivity contribution >= 4 is 5.91 Å². The molecule has 12 atom stereocenters. The Morgan fingerprint density at radius 3 is 1.10 bits per heavy atom. The van der Waals surface area contributed by atoms with Gasteiger partial charge in [-0.2, -0.15) is 0 Å². The Labute approximate surface area is 563 Å². The minimum atomic E-state index is -1.78. The van der Waals surface area contributed by atoms with Gasteiger partial charge in [-0.3, -0.25) is 4.79 Å². The predicted molar refractivity (Wildman–Crippen MR) is 378 cm³/mol. The molecule has 2 aliphatic heterocycles. The van der Waals surface area contributed by atoms with E-state index in [0.717, 1.165) is 64.2 Å². The molecule has 2 heterocycles. The molecule has 2 fully saturated rings. The first-order chi connectivity index (χ1) is 45.1. The summed E-state index contributed by atoms with van der Waals surface area (Å²) in [7, 11) is 0. The van der Waals surface area contributed by atoms with E-state index in [1.165, 1.54) is 270 Å². The number of aliphatic hydroxyl groups is 8. The van der Waals surface area contributed by atoms with Crippen molar-refractivity contribution in [3.63, 3.8) is 0 Å². The van der Waals surface area contributed by atoms with Crippen molar-refractivity contribution in [2.24, 2.45) is 0 Å². The van der Waals surface area contributed by atoms with E-state index in [4.69, 9.17) is 18.9 Å². The van der Waals surface area contributed by atoms with Crippen LogP contribution in [0.25, 0.3) is 0 Å². The second kappa shape index (κ2) is 62.7. The van der Waals surface area contributed by atoms with Crippen LogP contribution in [0.2, 0.25) is 0 Å². The fraction of sp³-hybridized carbons (Fsp3) is 0.910. The third-order valence-corrected chi connectivity index (χ3v) is 19.4. The number of ether oxygens (including phenoxy) is 4. The van der Waals surface area contributed by atoms with Crippen molar-refractivity contribution in [3.05, 3.63) is 36.5 Å². The summed E-state index contributed by atoms with van der Waals surface area (Å²) in [5, 5.41) is 87.8. The Morgan fingerprint density at radius 1 is 0.391 bits per heavy atom. The maximum Gasteiger partial charge on any atom is 0.220 e. The molecule has 12 unspecified atom stereocenters. The van der Waals surface area contributed by atoms with Crippen LogP contribution in [-0.4, -0.2) is 140 Å². The number of amides is 1. The van der Waals surface area contributed by atoms with E-state index in [1.54, 1.807) is 0 Å². The van der Waals surface area contributed by atoms with Crippen molar-refractivity contribution in [3.8, 4) is 0 Å². The molecule has 14 nitrogen and oxygen atoms in total. The normalized spacial score (nSPS) is 22.8. The van der Waals surface area contributed by atoms with E-state index in [0.29, 0.717) is 12.8 Å². The van der Waals surface area contributed by atoms with Gasteiger partial charge in [-0.25, -0.2) is 0 Å². The van der Waals surface area contributed by atoms with Crippen molar-refractivity contribution < 1.29 is 64.6 Å². The van der Waals surface area contributed by atoms with Gasteiger partial charge in [0.05, 0.1) is 32.0 Å². The molecule has 1 amide bonds. The number of rotatable bonds is 66. The first-order valence-corrected chi connectivity index (χ1v) is 39.2. The Kier molecular flexibility index (Phi) is 58.8. The summed E-state index contributed by atoms with van der Waals surface area (Å²) in [6.07, 6.45) is 64.6. The van der Waals surface area contributed by atoms with Crippen LogP contribution >= 0.6 is 0 Å². The summed E-state index contributed by atoms with van der Waals surface area (Å²) in [5.41, 5.74) is 0. The minimum Gasteiger partial charge on any atom is -0.394 e. The van der Waals surface area contributed by atoms with E-state index in [9.17, 15) is 45.6 Å². The Balaban J connectivity index is 1.62. The fourth-order valence-electron chi connectivity index (χ4n) is 13.1. The third kappa shape index (κ3) is 45.7. The van der Waals surface area contributed by atoms with Crippen molar-refractivity contribution in [2.45, 2.75) is 434 Å². The molecular formula is C78H147NO13. The van der Waals surface area contributed by atoms with Gasteiger partial charge >= 0.3 is 0 Å². The summed E-state index contributed by atoms with van der Waals surface area (Å²) in [4.78, 5) is 13.4. The Bertz CT molecular complexity index is 1680. The molecule has 0 radical (unpaired) electrons. The lowest BCUT2D eigenvalue weighted by Crippen LogP contribution is -2.65. The topological polar surface area (TPSA) is 228 Å². The molecule has 0 bridgehead atoms. The van der Waals surface area contributed by atoms with Crippen LogP contribution in [0.3, 0.4) is 0 Å². The standard InChI is InChI=1S/C78H147NO13/c1-3-5-7-9-11-13-15-17-19-21-23-25-27-29-31-33-35-37-39-41-43-45-47-49-51-53-55-57-59-61-67(82)66(65-89-77-75(88)73(86)76(69(64-81)91-77)92-78-74(87)72(85)71(84)68(63-80)90-78)79-70(83)62-60-58-56-54-52-50-48-46-44-42-40-38-36-34-32-30-28-26-24-22-20-18-16-14-12-10-8-6-4-2/h16,18,22,24,28,30,66-69,71-78,80-82,84-88H,3-15,17,19-21,23,25-27,29,31-65H2,1-2H3,(H,79,83)/b18-16-,24-22-,30-28-. The number of carbonyl (C=O) groups is 1. The van der Waals surface area contributed by atoms with Crippen LogP contribution in [-0.2, 0) is 23.7 Å². The van der Waals surface area contributed by atoms with Crippen LogP contribution in [0.15, 0.2) is 36.5 Å². The van der Waals surface area contributed by atoms with Gasteiger partial charge in [-0.15, -0.1) is 0 Å². The summed E-state index contributed by atoms with van der Waals surface area (Å²) >= 11 is 0. The fourth-order valence-corrected chi connectivity index (χ4v) is 13.1. The molecule has 9 N–H and O–H groups in total. The lowest BCUT2D eigenvalue weighted by Gasteiger charge is -2.46. The van der Waals surface area contributed by atoms with Gasteiger partial charge in [0.15, 0.2) is 12.6 Å². The van der Waals surface area contributed by atoms with Gasteiger partial charge < -0.3 is 65.1 Å². The number of carbonyl (C=O) groups excluding carboxylic acids is 1. The summed E-state index contributed by atoms with van der Waals surface area (Å²) in [6.45, 7) is 2.91. The Morgan fingerprint density at radius 2 is 0.717 bits per heavy atom. The third-order valence-electron chi connectivity index (χ3n) is 19.4. The molecule has 0 aromatic heterocycles. The molecule has 0 aromatic carbocycles. The SMILES string of the molecule is CCCCCCC/C=C\C/C=C\C/C=C\CCCCCCCCCCCCCCCCC(=O)NC(COC1OC(CO)C(OC2OC(CO)C(O)C(O)C2O)C(O)C1O)C(O)CCCCCCCCCCCCCCCCCCCCCCCCCCCCCCC. The highest BCUT2D eigenvalue weighted by Gasteiger charge is 2.51. The number of aliphatic hydroxyl groups excluding tert-OH is 8. The molecule has 0 aromatic rings. The smallest absolute Gasteiger partial charge is 0.220 e. The number of allylic oxidation sites excluding steroid dienone is 6. The van der Waals surface area contributed by atoms with E-state index in [2.05, 4.69) is 55.6 Å². The van der Waals surface area contributed by atoms with Gasteiger partial charge in [0.2, 0.25) is 5.91 Å². The van der Waals surface area contributed by atoms with E-state index in [1.807, 2.05) is 0 Å². The van der Waals surface area contributed by atoms with Crippen molar-refractivity contribution in [2.75, 3.05) is 19.8 Å². The first-order valence-electron chi connectivity index (χ1n) is 39.2. The highest BCUT2D eigenvalue weighted by molar-refractivity contribution is 5.76. The average molecular weight is 1310 g/mol. The van der Waals surface area contributed by atoms with Crippen LogP contribution in [0.4, 0.5) is 0 Å². The molecule has 0 aliphatic carbocycles. The maximum absolute atomic E-state index is 13.4. The lowest BCUT2D eigenvalue weighted by atomic mass is 9.97. The second-order valence-electron chi connectivity index (χ2n) is 27.8. The van der Waals surface area contributed by atoms with Gasteiger partial charge in [-0.1, -0.05) is 339 Å². The number of hydrogen-bond donors (Lipinski definition) is 9. The average Bonchev–Trinajstić information content (AvgIpc) is 0.836. The molecule has 0 saturated carbocycles. The first kappa shape index (κ1) is 86.3. The zero-order valence-corrected chi connectivity index (χ0v) is 59.3. The predicted octanol–water partition coefficient (Wildman–Crippen LogP) is 17.2.